The zero-order valence-corrected chi connectivity index (χ0v) is 11.1. The molecule has 0 bridgehead atoms. The van der Waals surface area contributed by atoms with E-state index in [0.29, 0.717) is 19.1 Å². The number of halogens is 3. The van der Waals surface area contributed by atoms with Crippen molar-refractivity contribution < 1.29 is 13.2 Å². The molecule has 2 nitrogen and oxygen atoms in total. The molecule has 104 valence electrons. The molecule has 1 atom stereocenters. The van der Waals surface area contributed by atoms with Gasteiger partial charge in [-0.2, -0.15) is 13.2 Å². The monoisotopic (exact) mass is 254 g/mol. The Hall–Kier alpha value is -0.290. The van der Waals surface area contributed by atoms with E-state index in [1.165, 1.54) is 4.90 Å². The van der Waals surface area contributed by atoms with Crippen LogP contribution in [-0.4, -0.2) is 43.3 Å². The van der Waals surface area contributed by atoms with Crippen LogP contribution in [0.15, 0.2) is 0 Å². The van der Waals surface area contributed by atoms with Gasteiger partial charge in [0.05, 0.1) is 6.54 Å². The Morgan fingerprint density at radius 2 is 1.82 bits per heavy atom. The fourth-order valence-corrected chi connectivity index (χ4v) is 1.90. The first kappa shape index (κ1) is 16.7. The Kier molecular flexibility index (Phi) is 8.60. The molecule has 0 saturated carbocycles. The molecule has 0 aliphatic rings. The van der Waals surface area contributed by atoms with Gasteiger partial charge in [0.25, 0.3) is 0 Å². The predicted molar refractivity (Wildman–Crippen MR) is 65.2 cm³/mol. The highest BCUT2D eigenvalue weighted by Crippen LogP contribution is 2.16. The third-order valence-corrected chi connectivity index (χ3v) is 2.86. The Morgan fingerprint density at radius 1 is 1.18 bits per heavy atom. The fourth-order valence-electron chi connectivity index (χ4n) is 1.90. The van der Waals surface area contributed by atoms with E-state index in [1.54, 1.807) is 6.92 Å². The molecule has 0 saturated heterocycles. The molecule has 0 spiro atoms. The molecule has 0 fully saturated rings. The normalized spacial score (nSPS) is 14.3. The van der Waals surface area contributed by atoms with E-state index in [9.17, 15) is 13.2 Å². The summed E-state index contributed by atoms with van der Waals surface area (Å²) in [4.78, 5) is 1.46. The first-order valence-electron chi connectivity index (χ1n) is 6.45. The van der Waals surface area contributed by atoms with E-state index in [1.807, 2.05) is 6.92 Å². The molecule has 0 aromatic heterocycles. The van der Waals surface area contributed by atoms with Crippen LogP contribution in [0.1, 0.15) is 40.0 Å². The third kappa shape index (κ3) is 9.41. The first-order chi connectivity index (χ1) is 7.92. The summed E-state index contributed by atoms with van der Waals surface area (Å²) < 4.78 is 36.6. The summed E-state index contributed by atoms with van der Waals surface area (Å²) in [6, 6.07) is 0.435. The lowest BCUT2D eigenvalue weighted by molar-refractivity contribution is -0.145. The molecule has 1 N–H and O–H groups in total. The van der Waals surface area contributed by atoms with Gasteiger partial charge < -0.3 is 5.32 Å². The van der Waals surface area contributed by atoms with Crippen LogP contribution in [0.2, 0.25) is 0 Å². The maximum atomic E-state index is 12.2. The van der Waals surface area contributed by atoms with E-state index in [4.69, 9.17) is 0 Å². The summed E-state index contributed by atoms with van der Waals surface area (Å²) in [5, 5.41) is 3.33. The van der Waals surface area contributed by atoms with Gasteiger partial charge in [-0.25, -0.2) is 0 Å². The Morgan fingerprint density at radius 3 is 2.24 bits per heavy atom. The van der Waals surface area contributed by atoms with E-state index >= 15 is 0 Å². The lowest BCUT2D eigenvalue weighted by atomic mass is 10.1. The van der Waals surface area contributed by atoms with Crippen LogP contribution in [-0.2, 0) is 0 Å². The average molecular weight is 254 g/mol. The predicted octanol–water partition coefficient (Wildman–Crippen LogP) is 3.04. The van der Waals surface area contributed by atoms with Crippen LogP contribution < -0.4 is 5.32 Å². The van der Waals surface area contributed by atoms with Gasteiger partial charge in [-0.3, -0.25) is 4.90 Å². The largest absolute Gasteiger partial charge is 0.401 e. The highest BCUT2D eigenvalue weighted by Gasteiger charge is 2.29. The molecule has 17 heavy (non-hydrogen) atoms. The molecule has 5 heteroatoms. The summed E-state index contributed by atoms with van der Waals surface area (Å²) in [5.74, 6) is 0. The van der Waals surface area contributed by atoms with Crippen LogP contribution in [0.5, 0.6) is 0 Å². The first-order valence-corrected chi connectivity index (χ1v) is 6.45. The van der Waals surface area contributed by atoms with Crippen molar-refractivity contribution >= 4 is 0 Å². The van der Waals surface area contributed by atoms with E-state index < -0.39 is 12.7 Å². The third-order valence-electron chi connectivity index (χ3n) is 2.86. The van der Waals surface area contributed by atoms with E-state index in [2.05, 4.69) is 12.2 Å². The van der Waals surface area contributed by atoms with Gasteiger partial charge in [-0.15, -0.1) is 0 Å². The Bertz CT molecular complexity index is 183. The van der Waals surface area contributed by atoms with Crippen LogP contribution in [0.4, 0.5) is 13.2 Å². The zero-order valence-electron chi connectivity index (χ0n) is 11.1. The SMILES string of the molecule is CCNC(CC)CCCN(CC)CC(F)(F)F. The summed E-state index contributed by atoms with van der Waals surface area (Å²) in [6.45, 7) is 7.02. The number of rotatable bonds is 9. The molecule has 0 aromatic carbocycles. The summed E-state index contributed by atoms with van der Waals surface area (Å²) >= 11 is 0. The van der Waals surface area contributed by atoms with Crippen molar-refractivity contribution in [3.8, 4) is 0 Å². The second-order valence-electron chi connectivity index (χ2n) is 4.29. The molecule has 1 unspecified atom stereocenters. The maximum absolute atomic E-state index is 12.2. The Balaban J connectivity index is 3.82. The molecule has 0 aliphatic heterocycles. The molecular formula is C12H25F3N2. The van der Waals surface area contributed by atoms with Crippen LogP contribution in [0, 0.1) is 0 Å². The van der Waals surface area contributed by atoms with Crippen molar-refractivity contribution in [3.63, 3.8) is 0 Å². The number of hydrogen-bond donors (Lipinski definition) is 1. The number of hydrogen-bond acceptors (Lipinski definition) is 2. The van der Waals surface area contributed by atoms with Gasteiger partial charge in [0.15, 0.2) is 0 Å². The topological polar surface area (TPSA) is 15.3 Å². The highest BCUT2D eigenvalue weighted by atomic mass is 19.4. The van der Waals surface area contributed by atoms with Crippen molar-refractivity contribution in [2.24, 2.45) is 0 Å². The Labute approximate surface area is 103 Å². The van der Waals surface area contributed by atoms with Crippen molar-refractivity contribution in [1.82, 2.24) is 10.2 Å². The van der Waals surface area contributed by atoms with E-state index in [-0.39, 0.29) is 0 Å². The van der Waals surface area contributed by atoms with E-state index in [0.717, 1.165) is 25.8 Å². The van der Waals surface area contributed by atoms with Crippen molar-refractivity contribution in [2.75, 3.05) is 26.2 Å². The molecule has 0 heterocycles. The molecular weight excluding hydrogens is 229 g/mol. The van der Waals surface area contributed by atoms with Gasteiger partial charge in [0.2, 0.25) is 0 Å². The molecule has 0 rings (SSSR count). The fraction of sp³-hybridized carbons (Fsp3) is 1.00. The van der Waals surface area contributed by atoms with Gasteiger partial charge in [-0.05, 0) is 38.9 Å². The van der Waals surface area contributed by atoms with Gasteiger partial charge in [0.1, 0.15) is 0 Å². The van der Waals surface area contributed by atoms with Crippen molar-refractivity contribution in [2.45, 2.75) is 52.3 Å². The standard InChI is InChI=1S/C12H25F3N2/c1-4-11(16-5-2)8-7-9-17(6-3)10-12(13,14)15/h11,16H,4-10H2,1-3H3. The highest BCUT2D eigenvalue weighted by molar-refractivity contribution is 4.67. The maximum Gasteiger partial charge on any atom is 0.401 e. The van der Waals surface area contributed by atoms with Crippen LogP contribution >= 0.6 is 0 Å². The lowest BCUT2D eigenvalue weighted by Crippen LogP contribution is -2.36. The average Bonchev–Trinajstić information content (AvgIpc) is 2.24. The second-order valence-corrected chi connectivity index (χ2v) is 4.29. The van der Waals surface area contributed by atoms with Gasteiger partial charge in [0, 0.05) is 6.04 Å². The van der Waals surface area contributed by atoms with Crippen LogP contribution in [0.3, 0.4) is 0 Å². The molecule has 0 aromatic rings. The second kappa shape index (κ2) is 8.75. The zero-order chi connectivity index (χ0) is 13.3. The lowest BCUT2D eigenvalue weighted by Gasteiger charge is -2.23. The van der Waals surface area contributed by atoms with Gasteiger partial charge in [-0.1, -0.05) is 20.8 Å². The molecule has 0 aliphatic carbocycles. The number of alkyl halides is 3. The van der Waals surface area contributed by atoms with Crippen molar-refractivity contribution in [3.05, 3.63) is 0 Å². The summed E-state index contributed by atoms with van der Waals surface area (Å²) in [7, 11) is 0. The minimum Gasteiger partial charge on any atom is -0.314 e. The minimum atomic E-state index is -4.08. The molecule has 0 radical (unpaired) electrons. The number of nitrogens with one attached hydrogen (secondary N) is 1. The minimum absolute atomic E-state index is 0.435. The van der Waals surface area contributed by atoms with Crippen molar-refractivity contribution in [1.29, 1.82) is 0 Å². The molecule has 0 amide bonds. The summed E-state index contributed by atoms with van der Waals surface area (Å²) in [6.07, 6.45) is -1.30. The van der Waals surface area contributed by atoms with Gasteiger partial charge >= 0.3 is 6.18 Å². The van der Waals surface area contributed by atoms with Crippen LogP contribution in [0.25, 0.3) is 0 Å². The summed E-state index contributed by atoms with van der Waals surface area (Å²) in [5.41, 5.74) is 0. The number of nitrogens with zero attached hydrogens (tertiary/aromatic N) is 1. The smallest absolute Gasteiger partial charge is 0.314 e. The quantitative estimate of drug-likeness (QED) is 0.680.